The molecule has 0 saturated carbocycles. The molecular formula is C20H18BrN3O. The minimum absolute atomic E-state index is 0.765. The van der Waals surface area contributed by atoms with Crippen molar-refractivity contribution in [3.63, 3.8) is 0 Å². The van der Waals surface area contributed by atoms with E-state index in [-0.39, 0.29) is 0 Å². The lowest BCUT2D eigenvalue weighted by Gasteiger charge is -2.01. The molecule has 0 bridgehead atoms. The van der Waals surface area contributed by atoms with Crippen molar-refractivity contribution in [3.8, 4) is 0 Å². The molecule has 0 spiro atoms. The number of H-pyrrole nitrogens is 2. The third-order valence-electron chi connectivity index (χ3n) is 4.31. The Labute approximate surface area is 154 Å². The van der Waals surface area contributed by atoms with Crippen molar-refractivity contribution >= 4 is 38.6 Å². The highest BCUT2D eigenvalue weighted by Crippen LogP contribution is 2.27. The number of aromatic amines is 2. The minimum Gasteiger partial charge on any atom is -0.494 e. The summed E-state index contributed by atoms with van der Waals surface area (Å²) in [4.78, 5) is 11.6. The standard InChI is InChI=1S/C20H18BrN3O/c1-11-6-12(2)22-16(11)9-19-20(25-3)10-18(24-19)17-8-13-7-14(21)4-5-15(13)23-17/h4-10,22-23H,1-3H3/b19-9-. The van der Waals surface area contributed by atoms with Crippen molar-refractivity contribution in [1.29, 1.82) is 0 Å². The molecule has 1 aromatic carbocycles. The molecule has 4 rings (SSSR count). The van der Waals surface area contributed by atoms with Crippen LogP contribution in [0.3, 0.4) is 0 Å². The zero-order valence-electron chi connectivity index (χ0n) is 14.3. The third-order valence-corrected chi connectivity index (χ3v) is 4.80. The summed E-state index contributed by atoms with van der Waals surface area (Å²) in [5.41, 5.74) is 7.14. The lowest BCUT2D eigenvalue weighted by molar-refractivity contribution is 0.303. The molecule has 0 unspecified atom stereocenters. The molecule has 0 amide bonds. The van der Waals surface area contributed by atoms with Gasteiger partial charge in [-0.15, -0.1) is 0 Å². The Balaban J connectivity index is 1.77. The van der Waals surface area contributed by atoms with Gasteiger partial charge in [-0.1, -0.05) is 15.9 Å². The predicted molar refractivity (Wildman–Crippen MR) is 106 cm³/mol. The van der Waals surface area contributed by atoms with E-state index in [0.29, 0.717) is 0 Å². The molecule has 0 saturated heterocycles. The first-order valence-electron chi connectivity index (χ1n) is 8.05. The number of rotatable bonds is 3. The Morgan fingerprint density at radius 2 is 1.96 bits per heavy atom. The van der Waals surface area contributed by atoms with E-state index in [2.05, 4.69) is 57.1 Å². The molecule has 1 aliphatic heterocycles. The van der Waals surface area contributed by atoms with Gasteiger partial charge < -0.3 is 14.7 Å². The monoisotopic (exact) mass is 395 g/mol. The lowest BCUT2D eigenvalue weighted by Crippen LogP contribution is -1.93. The molecule has 0 radical (unpaired) electrons. The van der Waals surface area contributed by atoms with Crippen LogP contribution in [-0.4, -0.2) is 22.8 Å². The molecule has 2 N–H and O–H groups in total. The molecule has 25 heavy (non-hydrogen) atoms. The fourth-order valence-corrected chi connectivity index (χ4v) is 3.48. The number of ether oxygens (including phenoxy) is 1. The summed E-state index contributed by atoms with van der Waals surface area (Å²) in [7, 11) is 1.67. The Morgan fingerprint density at radius 1 is 1.12 bits per heavy atom. The van der Waals surface area contributed by atoms with Gasteiger partial charge in [0.1, 0.15) is 11.5 Å². The number of nitrogens with zero attached hydrogens (tertiary/aromatic N) is 1. The van der Waals surface area contributed by atoms with Crippen LogP contribution in [0, 0.1) is 13.8 Å². The van der Waals surface area contributed by atoms with Gasteiger partial charge in [0.05, 0.1) is 18.5 Å². The third kappa shape index (κ3) is 2.96. The summed E-state index contributed by atoms with van der Waals surface area (Å²) in [5, 5.41) is 1.15. The molecule has 0 fully saturated rings. The van der Waals surface area contributed by atoms with Crippen LogP contribution in [0.15, 0.2) is 57.3 Å². The highest BCUT2D eigenvalue weighted by Gasteiger charge is 2.18. The Morgan fingerprint density at radius 3 is 2.68 bits per heavy atom. The second kappa shape index (κ2) is 6.08. The number of methoxy groups -OCH3 is 1. The summed E-state index contributed by atoms with van der Waals surface area (Å²) in [6.07, 6.45) is 4.00. The molecule has 0 atom stereocenters. The summed E-state index contributed by atoms with van der Waals surface area (Å²) < 4.78 is 6.59. The highest BCUT2D eigenvalue weighted by molar-refractivity contribution is 9.10. The van der Waals surface area contributed by atoms with Crippen LogP contribution in [0.2, 0.25) is 0 Å². The first-order chi connectivity index (χ1) is 12.0. The van der Waals surface area contributed by atoms with E-state index in [1.165, 1.54) is 5.56 Å². The molecule has 4 nitrogen and oxygen atoms in total. The van der Waals surface area contributed by atoms with Crippen molar-refractivity contribution < 1.29 is 4.74 Å². The predicted octanol–water partition coefficient (Wildman–Crippen LogP) is 5.25. The van der Waals surface area contributed by atoms with E-state index in [9.17, 15) is 0 Å². The molecule has 0 aliphatic carbocycles. The molecular weight excluding hydrogens is 378 g/mol. The number of aliphatic imine (C=N–C) groups is 1. The van der Waals surface area contributed by atoms with Gasteiger partial charge in [-0.2, -0.15) is 0 Å². The number of aromatic nitrogens is 2. The lowest BCUT2D eigenvalue weighted by atomic mass is 10.2. The number of halogens is 1. The van der Waals surface area contributed by atoms with E-state index in [4.69, 9.17) is 9.73 Å². The maximum absolute atomic E-state index is 5.53. The second-order valence-corrected chi connectivity index (χ2v) is 7.12. The number of fused-ring (bicyclic) bond motifs is 1. The second-order valence-electron chi connectivity index (χ2n) is 6.20. The Hall–Kier alpha value is -2.53. The number of nitrogens with one attached hydrogen (secondary N) is 2. The van der Waals surface area contributed by atoms with Crippen LogP contribution in [0.25, 0.3) is 17.0 Å². The van der Waals surface area contributed by atoms with Crippen molar-refractivity contribution in [2.75, 3.05) is 7.11 Å². The first-order valence-corrected chi connectivity index (χ1v) is 8.84. The van der Waals surface area contributed by atoms with E-state index >= 15 is 0 Å². The van der Waals surface area contributed by atoms with Crippen LogP contribution >= 0.6 is 15.9 Å². The normalized spacial score (nSPS) is 15.8. The van der Waals surface area contributed by atoms with Crippen LogP contribution in [-0.2, 0) is 4.74 Å². The van der Waals surface area contributed by atoms with Crippen LogP contribution in [0.5, 0.6) is 0 Å². The van der Waals surface area contributed by atoms with Gasteiger partial charge in [0.25, 0.3) is 0 Å². The molecule has 2 aromatic heterocycles. The highest BCUT2D eigenvalue weighted by atomic mass is 79.9. The van der Waals surface area contributed by atoms with E-state index in [1.807, 2.05) is 25.1 Å². The maximum atomic E-state index is 5.53. The smallest absolute Gasteiger partial charge is 0.146 e. The van der Waals surface area contributed by atoms with E-state index < -0.39 is 0 Å². The first kappa shape index (κ1) is 16.0. The summed E-state index contributed by atoms with van der Waals surface area (Å²) in [5.74, 6) is 0.765. The number of hydrogen-bond donors (Lipinski definition) is 2. The van der Waals surface area contributed by atoms with Gasteiger partial charge in [0.2, 0.25) is 0 Å². The van der Waals surface area contributed by atoms with Gasteiger partial charge in [0, 0.05) is 32.8 Å². The largest absolute Gasteiger partial charge is 0.494 e. The summed E-state index contributed by atoms with van der Waals surface area (Å²) >= 11 is 3.51. The molecule has 126 valence electrons. The SMILES string of the molecule is COC1=CC(c2cc3cc(Br)ccc3[nH]2)=N/C1=C\c1[nH]c(C)cc1C. The summed E-state index contributed by atoms with van der Waals surface area (Å²) in [6.45, 7) is 4.13. The van der Waals surface area contributed by atoms with Gasteiger partial charge in [0.15, 0.2) is 0 Å². The van der Waals surface area contributed by atoms with Gasteiger partial charge in [-0.05, 0) is 55.8 Å². The van der Waals surface area contributed by atoms with Gasteiger partial charge in [-0.25, -0.2) is 4.99 Å². The minimum atomic E-state index is 0.765. The Kier molecular flexibility index (Phi) is 3.88. The van der Waals surface area contributed by atoms with Gasteiger partial charge in [-0.3, -0.25) is 0 Å². The maximum Gasteiger partial charge on any atom is 0.146 e. The van der Waals surface area contributed by atoms with Crippen LogP contribution in [0.4, 0.5) is 0 Å². The molecule has 5 heteroatoms. The number of allylic oxidation sites excluding steroid dienone is 1. The Bertz CT molecular complexity index is 1070. The van der Waals surface area contributed by atoms with E-state index in [0.717, 1.165) is 49.6 Å². The van der Waals surface area contributed by atoms with Gasteiger partial charge >= 0.3 is 0 Å². The fourth-order valence-electron chi connectivity index (χ4n) is 3.10. The van der Waals surface area contributed by atoms with Crippen LogP contribution < -0.4 is 0 Å². The van der Waals surface area contributed by atoms with Crippen molar-refractivity contribution in [1.82, 2.24) is 9.97 Å². The number of aryl methyl sites for hydroxylation is 2. The van der Waals surface area contributed by atoms with Crippen LogP contribution in [0.1, 0.15) is 22.6 Å². The number of hydrogen-bond acceptors (Lipinski definition) is 2. The average molecular weight is 396 g/mol. The quantitative estimate of drug-likeness (QED) is 0.624. The number of benzene rings is 1. The fraction of sp³-hybridized carbons (Fsp3) is 0.150. The molecule has 3 heterocycles. The van der Waals surface area contributed by atoms with E-state index in [1.54, 1.807) is 7.11 Å². The zero-order valence-corrected chi connectivity index (χ0v) is 15.9. The van der Waals surface area contributed by atoms with Crippen molar-refractivity contribution in [3.05, 3.63) is 75.0 Å². The topological polar surface area (TPSA) is 53.2 Å². The molecule has 3 aromatic rings. The summed E-state index contributed by atoms with van der Waals surface area (Å²) in [6, 6.07) is 10.4. The van der Waals surface area contributed by atoms with Crippen molar-refractivity contribution in [2.24, 2.45) is 4.99 Å². The molecule has 1 aliphatic rings. The van der Waals surface area contributed by atoms with Crippen molar-refractivity contribution in [2.45, 2.75) is 13.8 Å². The zero-order chi connectivity index (χ0) is 17.6. The average Bonchev–Trinajstić information content (AvgIpc) is 3.24.